The van der Waals surface area contributed by atoms with Crippen molar-refractivity contribution in [3.05, 3.63) is 68.4 Å². The second kappa shape index (κ2) is 14.1. The third-order valence-electron chi connectivity index (χ3n) is 7.02. The Hall–Kier alpha value is -4.20. The first-order valence-electron chi connectivity index (χ1n) is 14.2. The molecule has 1 fully saturated rings. The van der Waals surface area contributed by atoms with Crippen LogP contribution in [0.3, 0.4) is 0 Å². The summed E-state index contributed by atoms with van der Waals surface area (Å²) >= 11 is 0. The Kier molecular flexibility index (Phi) is 11.0. The molecule has 3 heterocycles. The summed E-state index contributed by atoms with van der Waals surface area (Å²) in [7, 11) is 0. The van der Waals surface area contributed by atoms with E-state index in [4.69, 9.17) is 14.9 Å². The molecule has 0 bridgehead atoms. The summed E-state index contributed by atoms with van der Waals surface area (Å²) in [6, 6.07) is 9.78. The molecule has 0 spiro atoms. The molecular formula is C30H39F3N6O5. The minimum atomic E-state index is -5.08. The van der Waals surface area contributed by atoms with Crippen LogP contribution in [0.5, 0.6) is 0 Å². The molecule has 0 atom stereocenters. The molecule has 1 saturated heterocycles. The first-order valence-corrected chi connectivity index (χ1v) is 14.2. The standard InChI is InChI=1S/C28H38N6O3.C2HF3O2/c1-20(2)11-15-32-23-24(30-26(32)31-17-13-29-14-18-31)34(19-22(35)28(3,4)5)27(37)33(25(23)36)16-12-21-9-7-6-8-10-21;3-2(4,5)1(6)7/h6-11,29H,12-19H2,1-5H3;(H,6,7). The zero-order chi connectivity index (χ0) is 32.8. The highest BCUT2D eigenvalue weighted by atomic mass is 19.4. The number of alkyl halides is 3. The fourth-order valence-electron chi connectivity index (χ4n) is 4.44. The SMILES string of the molecule is CC(C)=CCn1c(N2CCNCC2)nc2c1c(=O)n(CCc1ccccc1)c(=O)n2CC(=O)C(C)(C)C.O=C(O)C(F)(F)F. The molecule has 2 aromatic heterocycles. The molecule has 44 heavy (non-hydrogen) atoms. The molecule has 2 N–H and O–H groups in total. The molecule has 0 saturated carbocycles. The summed E-state index contributed by atoms with van der Waals surface area (Å²) in [6.45, 7) is 13.2. The van der Waals surface area contributed by atoms with Crippen molar-refractivity contribution in [2.45, 2.75) is 66.9 Å². The quantitative estimate of drug-likeness (QED) is 0.367. The van der Waals surface area contributed by atoms with Crippen molar-refractivity contribution < 1.29 is 27.9 Å². The number of nitrogens with zero attached hydrogens (tertiary/aromatic N) is 5. The molecule has 1 aliphatic heterocycles. The monoisotopic (exact) mass is 620 g/mol. The summed E-state index contributed by atoms with van der Waals surface area (Å²) in [5, 5.41) is 10.5. The van der Waals surface area contributed by atoms with Crippen molar-refractivity contribution >= 4 is 28.9 Å². The number of fused-ring (bicyclic) bond motifs is 1. The van der Waals surface area contributed by atoms with E-state index < -0.39 is 23.3 Å². The van der Waals surface area contributed by atoms with Gasteiger partial charge in [-0.1, -0.05) is 62.8 Å². The molecule has 240 valence electrons. The number of aliphatic carboxylic acids is 1. The summed E-state index contributed by atoms with van der Waals surface area (Å²) in [4.78, 5) is 56.7. The summed E-state index contributed by atoms with van der Waals surface area (Å²) in [5.74, 6) is -2.19. The first kappa shape index (κ1) is 34.3. The fraction of sp³-hybridized carbons (Fsp3) is 0.500. The van der Waals surface area contributed by atoms with Crippen molar-refractivity contribution in [1.82, 2.24) is 24.0 Å². The molecular weight excluding hydrogens is 581 g/mol. The molecule has 1 aliphatic rings. The Labute approximate surface area is 252 Å². The predicted molar refractivity (Wildman–Crippen MR) is 161 cm³/mol. The fourth-order valence-corrected chi connectivity index (χ4v) is 4.44. The van der Waals surface area contributed by atoms with Crippen molar-refractivity contribution in [1.29, 1.82) is 0 Å². The van der Waals surface area contributed by atoms with Crippen LogP contribution in [-0.2, 0) is 35.6 Å². The number of allylic oxidation sites excluding steroid dienone is 2. The number of Topliss-reactive ketones (excluding diaryl/α,β-unsaturated/α-hetero) is 1. The van der Waals surface area contributed by atoms with Gasteiger partial charge in [-0.05, 0) is 25.8 Å². The third kappa shape index (κ3) is 8.46. The summed E-state index contributed by atoms with van der Waals surface area (Å²) in [5.41, 5.74) is 1.29. The molecule has 0 unspecified atom stereocenters. The van der Waals surface area contributed by atoms with Crippen molar-refractivity contribution in [3.63, 3.8) is 0 Å². The van der Waals surface area contributed by atoms with E-state index >= 15 is 0 Å². The van der Waals surface area contributed by atoms with Crippen LogP contribution in [0.25, 0.3) is 11.2 Å². The number of anilines is 1. The molecule has 0 radical (unpaired) electrons. The Balaban J connectivity index is 0.000000676. The van der Waals surface area contributed by atoms with Crippen molar-refractivity contribution in [2.75, 3.05) is 31.1 Å². The molecule has 0 amide bonds. The number of nitrogens with one attached hydrogen (secondary N) is 1. The van der Waals surface area contributed by atoms with Crippen LogP contribution in [0.1, 0.15) is 40.2 Å². The third-order valence-corrected chi connectivity index (χ3v) is 7.02. The number of carboxylic acid groups (broad SMARTS) is 1. The second-order valence-electron chi connectivity index (χ2n) is 11.8. The van der Waals surface area contributed by atoms with Crippen molar-refractivity contribution in [2.24, 2.45) is 5.41 Å². The number of carbonyl (C=O) groups is 2. The number of carboxylic acids is 1. The van der Waals surface area contributed by atoms with Gasteiger partial charge in [0, 0.05) is 44.7 Å². The number of hydrogen-bond donors (Lipinski definition) is 2. The van der Waals surface area contributed by atoms with E-state index in [1.165, 1.54) is 9.13 Å². The van der Waals surface area contributed by atoms with Crippen LogP contribution in [0, 0.1) is 5.41 Å². The Morgan fingerprint density at radius 3 is 2.11 bits per heavy atom. The Morgan fingerprint density at radius 1 is 1.00 bits per heavy atom. The number of aromatic nitrogens is 4. The lowest BCUT2D eigenvalue weighted by atomic mass is 9.91. The summed E-state index contributed by atoms with van der Waals surface area (Å²) in [6.07, 6.45) is -2.50. The van der Waals surface area contributed by atoms with E-state index in [0.717, 1.165) is 37.3 Å². The van der Waals surface area contributed by atoms with Gasteiger partial charge in [0.2, 0.25) is 5.95 Å². The number of piperazine rings is 1. The number of hydrogen-bond acceptors (Lipinski definition) is 7. The van der Waals surface area contributed by atoms with E-state index in [1.807, 2.05) is 69.5 Å². The number of imidazole rings is 1. The van der Waals surface area contributed by atoms with Gasteiger partial charge in [0.25, 0.3) is 5.56 Å². The average Bonchev–Trinajstić information content (AvgIpc) is 3.34. The average molecular weight is 621 g/mol. The maximum Gasteiger partial charge on any atom is 0.490 e. The lowest BCUT2D eigenvalue weighted by molar-refractivity contribution is -0.192. The maximum atomic E-state index is 13.9. The molecule has 14 heteroatoms. The van der Waals surface area contributed by atoms with Gasteiger partial charge in [-0.2, -0.15) is 18.2 Å². The highest BCUT2D eigenvalue weighted by molar-refractivity contribution is 5.85. The minimum absolute atomic E-state index is 0.0910. The highest BCUT2D eigenvalue weighted by Crippen LogP contribution is 2.23. The van der Waals surface area contributed by atoms with Crippen LogP contribution in [0.2, 0.25) is 0 Å². The van der Waals surface area contributed by atoms with Gasteiger partial charge in [-0.15, -0.1) is 0 Å². The number of carbonyl (C=O) groups excluding carboxylic acids is 1. The van der Waals surface area contributed by atoms with Crippen LogP contribution in [-0.4, -0.2) is 67.9 Å². The molecule has 11 nitrogen and oxygen atoms in total. The van der Waals surface area contributed by atoms with Crippen LogP contribution in [0.4, 0.5) is 19.1 Å². The zero-order valence-corrected chi connectivity index (χ0v) is 25.6. The molecule has 4 rings (SSSR count). The van der Waals surface area contributed by atoms with Gasteiger partial charge in [0.05, 0.1) is 6.54 Å². The van der Waals surface area contributed by atoms with Crippen LogP contribution < -0.4 is 21.5 Å². The van der Waals surface area contributed by atoms with E-state index in [0.29, 0.717) is 24.4 Å². The topological polar surface area (TPSA) is 131 Å². The predicted octanol–water partition coefficient (Wildman–Crippen LogP) is 3.23. The van der Waals surface area contributed by atoms with E-state index in [-0.39, 0.29) is 30.1 Å². The minimum Gasteiger partial charge on any atom is -0.475 e. The molecule has 1 aromatic carbocycles. The lowest BCUT2D eigenvalue weighted by Gasteiger charge is -2.28. The van der Waals surface area contributed by atoms with Crippen LogP contribution >= 0.6 is 0 Å². The largest absolute Gasteiger partial charge is 0.490 e. The van der Waals surface area contributed by atoms with E-state index in [9.17, 15) is 27.6 Å². The zero-order valence-electron chi connectivity index (χ0n) is 25.6. The van der Waals surface area contributed by atoms with E-state index in [2.05, 4.69) is 16.3 Å². The first-order chi connectivity index (χ1) is 20.5. The van der Waals surface area contributed by atoms with E-state index in [1.54, 1.807) is 0 Å². The van der Waals surface area contributed by atoms with Gasteiger partial charge in [0.1, 0.15) is 0 Å². The Morgan fingerprint density at radius 2 is 1.59 bits per heavy atom. The number of ketones is 1. The number of benzene rings is 1. The lowest BCUT2D eigenvalue weighted by Crippen LogP contribution is -2.44. The number of rotatable bonds is 8. The number of aryl methyl sites for hydroxylation is 1. The number of halogens is 3. The Bertz CT molecular complexity index is 1620. The second-order valence-corrected chi connectivity index (χ2v) is 11.8. The van der Waals surface area contributed by atoms with Gasteiger partial charge in [-0.3, -0.25) is 18.7 Å². The molecule has 0 aliphatic carbocycles. The van der Waals surface area contributed by atoms with Gasteiger partial charge < -0.3 is 19.9 Å². The highest BCUT2D eigenvalue weighted by Gasteiger charge is 2.38. The van der Waals surface area contributed by atoms with Gasteiger partial charge in [-0.25, -0.2) is 9.59 Å². The van der Waals surface area contributed by atoms with Gasteiger partial charge >= 0.3 is 17.8 Å². The van der Waals surface area contributed by atoms with Crippen LogP contribution in [0.15, 0.2) is 51.6 Å². The summed E-state index contributed by atoms with van der Waals surface area (Å²) < 4.78 is 36.3. The molecule has 3 aromatic rings. The smallest absolute Gasteiger partial charge is 0.475 e. The van der Waals surface area contributed by atoms with Crippen molar-refractivity contribution in [3.8, 4) is 0 Å². The van der Waals surface area contributed by atoms with Gasteiger partial charge in [0.15, 0.2) is 16.9 Å². The maximum absolute atomic E-state index is 13.9. The normalized spacial score (nSPS) is 13.8.